The van der Waals surface area contributed by atoms with Gasteiger partial charge in [-0.2, -0.15) is 5.26 Å². The highest BCUT2D eigenvalue weighted by Gasteiger charge is 2.12. The molecule has 0 atom stereocenters. The highest BCUT2D eigenvalue weighted by molar-refractivity contribution is 7.10. The van der Waals surface area contributed by atoms with Gasteiger partial charge < -0.3 is 9.52 Å². The molecule has 1 N–H and O–H groups in total. The Morgan fingerprint density at radius 1 is 1.69 bits per heavy atom. The lowest BCUT2D eigenvalue weighted by atomic mass is 10.3. The Labute approximate surface area is 94.6 Å². The molecule has 0 saturated carbocycles. The Morgan fingerprint density at radius 3 is 3.12 bits per heavy atom. The van der Waals surface area contributed by atoms with Gasteiger partial charge in [-0.3, -0.25) is 0 Å². The molecule has 2 aromatic heterocycles. The zero-order valence-corrected chi connectivity index (χ0v) is 8.82. The second-order valence-corrected chi connectivity index (χ2v) is 3.91. The molecule has 0 aliphatic carbocycles. The summed E-state index contributed by atoms with van der Waals surface area (Å²) in [6, 6.07) is 3.41. The fraction of sp³-hybridized carbons (Fsp3) is 0.100. The molecular weight excluding hydrogens is 228 g/mol. The molecule has 2 aromatic rings. The maximum Gasteiger partial charge on any atom is 0.338 e. The standard InChI is InChI=1S/C10H6N2O3S/c11-2-1-9-12-7(5-16-9)8-3-6(4-15-8)10(13)14/h3-5H,1H2,(H,13,14). The van der Waals surface area contributed by atoms with Gasteiger partial charge in [0.2, 0.25) is 0 Å². The van der Waals surface area contributed by atoms with Gasteiger partial charge in [-0.25, -0.2) is 9.78 Å². The number of hydrogen-bond acceptors (Lipinski definition) is 5. The normalized spacial score (nSPS) is 9.94. The van der Waals surface area contributed by atoms with Gasteiger partial charge in [0, 0.05) is 11.4 Å². The quantitative estimate of drug-likeness (QED) is 0.879. The minimum absolute atomic E-state index is 0.0878. The number of nitrogens with zero attached hydrogens (tertiary/aromatic N) is 2. The smallest absolute Gasteiger partial charge is 0.338 e. The molecule has 0 unspecified atom stereocenters. The predicted molar refractivity (Wildman–Crippen MR) is 56.1 cm³/mol. The maximum atomic E-state index is 10.6. The van der Waals surface area contributed by atoms with Crippen molar-refractivity contribution in [3.8, 4) is 17.5 Å². The number of aromatic nitrogens is 1. The molecule has 0 radical (unpaired) electrons. The van der Waals surface area contributed by atoms with Crippen LogP contribution in [-0.4, -0.2) is 16.1 Å². The van der Waals surface area contributed by atoms with E-state index in [2.05, 4.69) is 4.98 Å². The molecule has 0 bridgehead atoms. The van der Waals surface area contributed by atoms with Gasteiger partial charge >= 0.3 is 5.97 Å². The van der Waals surface area contributed by atoms with E-state index in [1.54, 1.807) is 5.38 Å². The van der Waals surface area contributed by atoms with E-state index < -0.39 is 5.97 Å². The van der Waals surface area contributed by atoms with E-state index in [4.69, 9.17) is 14.8 Å². The Kier molecular flexibility index (Phi) is 2.70. The van der Waals surface area contributed by atoms with Crippen LogP contribution in [0.4, 0.5) is 0 Å². The van der Waals surface area contributed by atoms with E-state index in [1.807, 2.05) is 6.07 Å². The average molecular weight is 234 g/mol. The number of carboxylic acids is 1. The number of carboxylic acid groups (broad SMARTS) is 1. The van der Waals surface area contributed by atoms with Crippen molar-refractivity contribution in [3.05, 3.63) is 28.3 Å². The molecule has 80 valence electrons. The topological polar surface area (TPSA) is 87.1 Å². The Balaban J connectivity index is 2.28. The van der Waals surface area contributed by atoms with Gasteiger partial charge in [0.05, 0.1) is 18.1 Å². The molecule has 0 aliphatic heterocycles. The van der Waals surface area contributed by atoms with Crippen molar-refractivity contribution in [3.63, 3.8) is 0 Å². The van der Waals surface area contributed by atoms with Gasteiger partial charge in [0.15, 0.2) is 5.76 Å². The number of furan rings is 1. The number of hydrogen-bond donors (Lipinski definition) is 1. The molecule has 0 fully saturated rings. The lowest BCUT2D eigenvalue weighted by molar-refractivity contribution is 0.0696. The second kappa shape index (κ2) is 4.16. The first-order valence-electron chi connectivity index (χ1n) is 4.34. The van der Waals surface area contributed by atoms with Crippen molar-refractivity contribution in [2.24, 2.45) is 0 Å². The summed E-state index contributed by atoms with van der Waals surface area (Å²) in [4.78, 5) is 14.8. The fourth-order valence-electron chi connectivity index (χ4n) is 1.16. The van der Waals surface area contributed by atoms with Gasteiger partial charge in [-0.05, 0) is 0 Å². The van der Waals surface area contributed by atoms with Crippen molar-refractivity contribution in [1.29, 1.82) is 5.26 Å². The van der Waals surface area contributed by atoms with Gasteiger partial charge in [-0.15, -0.1) is 11.3 Å². The van der Waals surface area contributed by atoms with Crippen LogP contribution in [0.3, 0.4) is 0 Å². The summed E-state index contributed by atoms with van der Waals surface area (Å²) in [6.45, 7) is 0. The minimum Gasteiger partial charge on any atom is -0.478 e. The van der Waals surface area contributed by atoms with Crippen LogP contribution < -0.4 is 0 Å². The molecular formula is C10H6N2O3S. The highest BCUT2D eigenvalue weighted by atomic mass is 32.1. The molecule has 2 heterocycles. The van der Waals surface area contributed by atoms with Crippen LogP contribution in [0.5, 0.6) is 0 Å². The third-order valence-corrected chi connectivity index (χ3v) is 2.73. The average Bonchev–Trinajstić information content (AvgIpc) is 2.84. The van der Waals surface area contributed by atoms with E-state index in [0.717, 1.165) is 0 Å². The van der Waals surface area contributed by atoms with Crippen LogP contribution in [0.2, 0.25) is 0 Å². The van der Waals surface area contributed by atoms with Crippen molar-refractivity contribution < 1.29 is 14.3 Å². The van der Waals surface area contributed by atoms with Crippen molar-refractivity contribution >= 4 is 17.3 Å². The van der Waals surface area contributed by atoms with E-state index in [0.29, 0.717) is 16.5 Å². The molecule has 0 aliphatic rings. The van der Waals surface area contributed by atoms with Crippen molar-refractivity contribution in [2.75, 3.05) is 0 Å². The lowest BCUT2D eigenvalue weighted by Gasteiger charge is -1.86. The summed E-state index contributed by atoms with van der Waals surface area (Å²) < 4.78 is 5.08. The molecule has 16 heavy (non-hydrogen) atoms. The highest BCUT2D eigenvalue weighted by Crippen LogP contribution is 2.24. The number of rotatable bonds is 3. The molecule has 0 amide bonds. The van der Waals surface area contributed by atoms with Gasteiger partial charge in [0.1, 0.15) is 17.0 Å². The summed E-state index contributed by atoms with van der Waals surface area (Å²) in [7, 11) is 0. The molecule has 0 spiro atoms. The summed E-state index contributed by atoms with van der Waals surface area (Å²) in [5.41, 5.74) is 0.646. The summed E-state index contributed by atoms with van der Waals surface area (Å²) >= 11 is 1.35. The van der Waals surface area contributed by atoms with Crippen LogP contribution in [0, 0.1) is 11.3 Å². The van der Waals surface area contributed by atoms with E-state index in [-0.39, 0.29) is 12.0 Å². The molecule has 0 saturated heterocycles. The summed E-state index contributed by atoms with van der Waals surface area (Å²) in [5, 5.41) is 19.6. The fourth-order valence-corrected chi connectivity index (χ4v) is 1.87. The lowest BCUT2D eigenvalue weighted by Crippen LogP contribution is -1.91. The Morgan fingerprint density at radius 2 is 2.50 bits per heavy atom. The molecule has 0 aromatic carbocycles. The number of nitriles is 1. The second-order valence-electron chi connectivity index (χ2n) is 2.97. The number of carbonyl (C=O) groups is 1. The van der Waals surface area contributed by atoms with Gasteiger partial charge in [0.25, 0.3) is 0 Å². The van der Waals surface area contributed by atoms with Crippen LogP contribution in [0.25, 0.3) is 11.5 Å². The van der Waals surface area contributed by atoms with E-state index in [1.165, 1.54) is 23.7 Å². The maximum absolute atomic E-state index is 10.6. The van der Waals surface area contributed by atoms with Crippen LogP contribution in [0.15, 0.2) is 22.1 Å². The minimum atomic E-state index is -1.04. The predicted octanol–water partition coefficient (Wildman–Crippen LogP) is 2.17. The third kappa shape index (κ3) is 1.94. The van der Waals surface area contributed by atoms with Gasteiger partial charge in [-0.1, -0.05) is 0 Å². The van der Waals surface area contributed by atoms with Crippen LogP contribution in [-0.2, 0) is 6.42 Å². The molecule has 6 heteroatoms. The van der Waals surface area contributed by atoms with E-state index in [9.17, 15) is 4.79 Å². The van der Waals surface area contributed by atoms with E-state index >= 15 is 0 Å². The van der Waals surface area contributed by atoms with Crippen LogP contribution >= 0.6 is 11.3 Å². The Bertz CT molecular complexity index is 565. The monoisotopic (exact) mass is 234 g/mol. The van der Waals surface area contributed by atoms with Crippen molar-refractivity contribution in [1.82, 2.24) is 4.98 Å². The number of aromatic carboxylic acids is 1. The SMILES string of the molecule is N#CCc1nc(-c2cc(C(=O)O)co2)cs1. The first kappa shape index (κ1) is 10.4. The van der Waals surface area contributed by atoms with Crippen molar-refractivity contribution in [2.45, 2.75) is 6.42 Å². The molecule has 2 rings (SSSR count). The Hall–Kier alpha value is -2.13. The summed E-state index contributed by atoms with van der Waals surface area (Å²) in [6.07, 6.45) is 1.41. The summed E-state index contributed by atoms with van der Waals surface area (Å²) in [5.74, 6) is -0.639. The first-order chi connectivity index (χ1) is 7.70. The van der Waals surface area contributed by atoms with Crippen LogP contribution in [0.1, 0.15) is 15.4 Å². The largest absolute Gasteiger partial charge is 0.478 e. The zero-order valence-electron chi connectivity index (χ0n) is 8.01. The molecule has 5 nitrogen and oxygen atoms in total. The zero-order chi connectivity index (χ0) is 11.5. The number of thiazole rings is 1. The third-order valence-electron chi connectivity index (χ3n) is 1.88. The first-order valence-corrected chi connectivity index (χ1v) is 5.22.